The fraction of sp³-hybridized carbons (Fsp3) is 0.474. The molecule has 0 saturated carbocycles. The lowest BCUT2D eigenvalue weighted by Gasteiger charge is -2.10. The fourth-order valence-corrected chi connectivity index (χ4v) is 1.53. The highest BCUT2D eigenvalue weighted by molar-refractivity contribution is 5.13. The topological polar surface area (TPSA) is 62.9 Å². The van der Waals surface area contributed by atoms with Gasteiger partial charge in [0.15, 0.2) is 0 Å². The molecule has 0 bridgehead atoms. The zero-order chi connectivity index (χ0) is 18.0. The van der Waals surface area contributed by atoms with Crippen LogP contribution < -0.4 is 5.73 Å². The average molecular weight is 337 g/mol. The minimum Gasteiger partial charge on any atom is -0.491 e. The minimum atomic E-state index is 0.360. The van der Waals surface area contributed by atoms with Crippen LogP contribution in [0.15, 0.2) is 54.9 Å². The van der Waals surface area contributed by atoms with Crippen molar-refractivity contribution in [3.05, 3.63) is 60.5 Å². The van der Waals surface area contributed by atoms with Gasteiger partial charge in [-0.15, -0.1) is 0 Å². The van der Waals surface area contributed by atoms with Gasteiger partial charge >= 0.3 is 0 Å². The van der Waals surface area contributed by atoms with Crippen molar-refractivity contribution in [1.29, 1.82) is 0 Å². The maximum atomic E-state index is 5.51. The minimum absolute atomic E-state index is 0.360. The highest BCUT2D eigenvalue weighted by Crippen LogP contribution is 2.04. The Morgan fingerprint density at radius 1 is 0.875 bits per heavy atom. The summed E-state index contributed by atoms with van der Waals surface area (Å²) >= 11 is 0. The maximum absolute atomic E-state index is 5.51. The molecule has 0 saturated heterocycles. The van der Waals surface area contributed by atoms with Gasteiger partial charge in [0.05, 0.1) is 33.0 Å². The molecule has 1 aromatic rings. The number of nitrogens with two attached hydrogens (primary N) is 1. The van der Waals surface area contributed by atoms with Crippen molar-refractivity contribution in [2.24, 2.45) is 5.73 Å². The largest absolute Gasteiger partial charge is 0.491 e. The van der Waals surface area contributed by atoms with E-state index in [9.17, 15) is 0 Å². The third-order valence-electron chi connectivity index (χ3n) is 2.58. The van der Waals surface area contributed by atoms with Crippen LogP contribution in [-0.4, -0.2) is 39.6 Å². The molecule has 0 aliphatic heterocycles. The third-order valence-corrected chi connectivity index (χ3v) is 2.58. The lowest BCUT2D eigenvalue weighted by Crippen LogP contribution is -2.12. The summed E-state index contributed by atoms with van der Waals surface area (Å²) in [6, 6.07) is 9.93. The molecule has 1 aromatic carbocycles. The predicted octanol–water partition coefficient (Wildman–Crippen LogP) is 3.27. The van der Waals surface area contributed by atoms with Gasteiger partial charge in [-0.1, -0.05) is 57.3 Å². The van der Waals surface area contributed by atoms with Crippen LogP contribution >= 0.6 is 0 Å². The molecule has 0 unspecified atom stereocenters. The molecule has 1 rings (SSSR count). The Morgan fingerprint density at radius 2 is 1.42 bits per heavy atom. The second kappa shape index (κ2) is 16.1. The van der Waals surface area contributed by atoms with Crippen molar-refractivity contribution >= 4 is 0 Å². The molecule has 0 fully saturated rings. The first kappa shape index (κ1) is 22.2. The Morgan fingerprint density at radius 3 is 2.00 bits per heavy atom. The lowest BCUT2D eigenvalue weighted by atomic mass is 10.2. The third kappa shape index (κ3) is 13.8. The molecule has 0 spiro atoms. The maximum Gasteiger partial charge on any atom is 0.115 e. The molecule has 0 aromatic heterocycles. The van der Waals surface area contributed by atoms with Crippen LogP contribution in [0.5, 0.6) is 0 Å². The van der Waals surface area contributed by atoms with Crippen molar-refractivity contribution in [1.82, 2.24) is 0 Å². The summed E-state index contributed by atoms with van der Waals surface area (Å²) in [5, 5.41) is 0. The Hall–Kier alpha value is -1.82. The van der Waals surface area contributed by atoms with Crippen LogP contribution in [0.2, 0.25) is 0 Å². The second-order valence-corrected chi connectivity index (χ2v) is 4.69. The highest BCUT2D eigenvalue weighted by Gasteiger charge is 1.98. The Kier molecular flexibility index (Phi) is 14.8. The number of ether oxygens (including phenoxy) is 4. The molecule has 0 aliphatic carbocycles. The van der Waals surface area contributed by atoms with Gasteiger partial charge in [0.25, 0.3) is 0 Å². The number of rotatable bonds is 13. The molecule has 0 radical (unpaired) electrons. The standard InChI is InChI=1S/C17H25NO4.C2H6/c1-15(18)12-20-10-8-19-9-11-21-13-16(2)22-14-17-6-4-3-5-7-17;1-2/h3-7H,1-2,8-14,18H2;1-2H3. The van der Waals surface area contributed by atoms with Gasteiger partial charge in [0.1, 0.15) is 19.0 Å². The summed E-state index contributed by atoms with van der Waals surface area (Å²) in [7, 11) is 0. The molecule has 0 aliphatic rings. The zero-order valence-corrected chi connectivity index (χ0v) is 15.0. The van der Waals surface area contributed by atoms with Gasteiger partial charge in [-0.3, -0.25) is 0 Å². The van der Waals surface area contributed by atoms with E-state index in [1.54, 1.807) is 0 Å². The molecule has 136 valence electrons. The zero-order valence-electron chi connectivity index (χ0n) is 15.0. The summed E-state index contributed by atoms with van der Waals surface area (Å²) in [6.45, 7) is 14.5. The van der Waals surface area contributed by atoms with Crippen molar-refractivity contribution in [2.45, 2.75) is 20.5 Å². The van der Waals surface area contributed by atoms with Gasteiger partial charge < -0.3 is 24.7 Å². The second-order valence-electron chi connectivity index (χ2n) is 4.69. The van der Waals surface area contributed by atoms with Crippen molar-refractivity contribution in [3.63, 3.8) is 0 Å². The molecule has 0 heterocycles. The van der Waals surface area contributed by atoms with E-state index in [0.29, 0.717) is 57.7 Å². The predicted molar refractivity (Wildman–Crippen MR) is 97.5 cm³/mol. The molecule has 24 heavy (non-hydrogen) atoms. The van der Waals surface area contributed by atoms with Gasteiger partial charge in [0, 0.05) is 5.70 Å². The van der Waals surface area contributed by atoms with Gasteiger partial charge in [0.2, 0.25) is 0 Å². The fourth-order valence-electron chi connectivity index (χ4n) is 1.53. The highest BCUT2D eigenvalue weighted by atomic mass is 16.6. The van der Waals surface area contributed by atoms with Gasteiger partial charge in [-0.05, 0) is 5.56 Å². The van der Waals surface area contributed by atoms with E-state index in [1.165, 1.54) is 0 Å². The van der Waals surface area contributed by atoms with Crippen LogP contribution in [0, 0.1) is 0 Å². The summed E-state index contributed by atoms with van der Waals surface area (Å²) in [5.74, 6) is 0.605. The Labute approximate surface area is 146 Å². The van der Waals surface area contributed by atoms with E-state index in [1.807, 2.05) is 44.2 Å². The van der Waals surface area contributed by atoms with Crippen LogP contribution in [0.3, 0.4) is 0 Å². The summed E-state index contributed by atoms with van der Waals surface area (Å²) in [6.07, 6.45) is 0. The first-order chi connectivity index (χ1) is 11.7. The normalized spacial score (nSPS) is 9.75. The van der Waals surface area contributed by atoms with E-state index < -0.39 is 0 Å². The molecule has 2 N–H and O–H groups in total. The van der Waals surface area contributed by atoms with Crippen molar-refractivity contribution in [2.75, 3.05) is 39.6 Å². The van der Waals surface area contributed by atoms with E-state index in [4.69, 9.17) is 24.7 Å². The first-order valence-electron chi connectivity index (χ1n) is 8.19. The van der Waals surface area contributed by atoms with Crippen LogP contribution in [-0.2, 0) is 25.6 Å². The SMILES string of the molecule is C=C(N)COCCOCCOCC(=C)OCc1ccccc1.CC. The first-order valence-corrected chi connectivity index (χ1v) is 8.19. The molecule has 0 atom stereocenters. The summed E-state index contributed by atoms with van der Waals surface area (Å²) < 4.78 is 21.4. The quantitative estimate of drug-likeness (QED) is 0.442. The summed E-state index contributed by atoms with van der Waals surface area (Å²) in [5.41, 5.74) is 6.98. The van der Waals surface area contributed by atoms with Crippen LogP contribution in [0.4, 0.5) is 0 Å². The Bertz CT molecular complexity index is 434. The van der Waals surface area contributed by atoms with E-state index in [0.717, 1.165) is 5.56 Å². The lowest BCUT2D eigenvalue weighted by molar-refractivity contribution is 0.0144. The van der Waals surface area contributed by atoms with Gasteiger partial charge in [-0.2, -0.15) is 0 Å². The Balaban J connectivity index is 0.00000254. The average Bonchev–Trinajstić information content (AvgIpc) is 2.61. The van der Waals surface area contributed by atoms with Crippen molar-refractivity contribution in [3.8, 4) is 0 Å². The number of benzene rings is 1. The number of hydrogen-bond acceptors (Lipinski definition) is 5. The number of hydrogen-bond donors (Lipinski definition) is 1. The monoisotopic (exact) mass is 337 g/mol. The van der Waals surface area contributed by atoms with Gasteiger partial charge in [-0.25, -0.2) is 0 Å². The van der Waals surface area contributed by atoms with E-state index in [2.05, 4.69) is 13.2 Å². The smallest absolute Gasteiger partial charge is 0.115 e. The molecule has 5 nitrogen and oxygen atoms in total. The molecule has 5 heteroatoms. The summed E-state index contributed by atoms with van der Waals surface area (Å²) in [4.78, 5) is 0. The van der Waals surface area contributed by atoms with Crippen LogP contribution in [0.25, 0.3) is 0 Å². The van der Waals surface area contributed by atoms with E-state index >= 15 is 0 Å². The van der Waals surface area contributed by atoms with E-state index in [-0.39, 0.29) is 0 Å². The molecule has 0 amide bonds. The van der Waals surface area contributed by atoms with Crippen molar-refractivity contribution < 1.29 is 18.9 Å². The molecular formula is C19H31NO4. The van der Waals surface area contributed by atoms with Crippen LogP contribution in [0.1, 0.15) is 19.4 Å². The molecular weight excluding hydrogens is 306 g/mol.